The molecule has 35 heavy (non-hydrogen) atoms. The first kappa shape index (κ1) is 27.9. The van der Waals surface area contributed by atoms with Crippen LogP contribution in [0.2, 0.25) is 0 Å². The number of nitrogens with two attached hydrogens (primary N) is 2. The molecule has 1 aromatic heterocycles. The minimum absolute atomic E-state index is 0.474. The highest BCUT2D eigenvalue weighted by atomic mass is 16.6. The first-order valence-electron chi connectivity index (χ1n) is 9.86. The second kappa shape index (κ2) is 11.4. The SMILES string of the molecule is NC(=O)OC[C@H](O)[C@@H](O)[C@H](N)CN[C@H](C(=O)O)[C@H]1O[C@@H](n2cc(C(=O)O)c(=O)[nH]c2=O)[C@H](O)[C@@H]1O. The lowest BCUT2D eigenvalue weighted by Crippen LogP contribution is -2.57. The summed E-state index contributed by atoms with van der Waals surface area (Å²) in [7, 11) is 0. The molecular weight excluding hydrogens is 482 g/mol. The molecule has 1 aliphatic heterocycles. The van der Waals surface area contributed by atoms with Crippen molar-refractivity contribution in [1.82, 2.24) is 14.9 Å². The van der Waals surface area contributed by atoms with Gasteiger partial charge in [0.2, 0.25) is 0 Å². The van der Waals surface area contributed by atoms with E-state index in [1.165, 1.54) is 0 Å². The van der Waals surface area contributed by atoms with Crippen molar-refractivity contribution in [2.75, 3.05) is 13.2 Å². The number of carboxylic acid groups (broad SMARTS) is 2. The van der Waals surface area contributed by atoms with Gasteiger partial charge in [0, 0.05) is 18.8 Å². The highest BCUT2D eigenvalue weighted by Crippen LogP contribution is 2.30. The number of aromatic carboxylic acids is 1. The maximum absolute atomic E-state index is 12.1. The summed E-state index contributed by atoms with van der Waals surface area (Å²) in [4.78, 5) is 59.0. The number of carboxylic acids is 2. The summed E-state index contributed by atoms with van der Waals surface area (Å²) in [5.74, 6) is -3.31. The molecule has 1 aromatic rings. The van der Waals surface area contributed by atoms with Crippen molar-refractivity contribution in [3.05, 3.63) is 32.6 Å². The van der Waals surface area contributed by atoms with E-state index in [9.17, 15) is 49.5 Å². The average molecular weight is 507 g/mol. The second-order valence-electron chi connectivity index (χ2n) is 7.56. The van der Waals surface area contributed by atoms with E-state index >= 15 is 0 Å². The lowest BCUT2D eigenvalue weighted by molar-refractivity contribution is -0.146. The fourth-order valence-corrected chi connectivity index (χ4v) is 3.30. The Morgan fingerprint density at radius 1 is 1.20 bits per heavy atom. The van der Waals surface area contributed by atoms with E-state index in [4.69, 9.17) is 21.3 Å². The van der Waals surface area contributed by atoms with Gasteiger partial charge in [-0.2, -0.15) is 0 Å². The van der Waals surface area contributed by atoms with E-state index in [1.807, 2.05) is 0 Å². The van der Waals surface area contributed by atoms with Gasteiger partial charge >= 0.3 is 23.7 Å². The molecule has 0 aromatic carbocycles. The maximum atomic E-state index is 12.1. The molecule has 2 rings (SSSR count). The number of aliphatic hydroxyl groups is 4. The number of primary amides is 1. The van der Waals surface area contributed by atoms with Crippen LogP contribution in [0.25, 0.3) is 0 Å². The molecule has 0 unspecified atom stereocenters. The quantitative estimate of drug-likeness (QED) is 0.133. The zero-order valence-corrected chi connectivity index (χ0v) is 17.8. The number of aliphatic hydroxyl groups excluding tert-OH is 4. The topological polar surface area (TPSA) is 310 Å². The van der Waals surface area contributed by atoms with Crippen LogP contribution in [0, 0.1) is 0 Å². The summed E-state index contributed by atoms with van der Waals surface area (Å²) < 4.78 is 10.1. The van der Waals surface area contributed by atoms with Crippen molar-refractivity contribution < 1.29 is 54.5 Å². The third-order valence-electron chi connectivity index (χ3n) is 5.14. The van der Waals surface area contributed by atoms with Crippen molar-refractivity contribution in [2.45, 2.75) is 48.8 Å². The Morgan fingerprint density at radius 3 is 2.37 bits per heavy atom. The van der Waals surface area contributed by atoms with Gasteiger partial charge in [0.1, 0.15) is 42.6 Å². The highest BCUT2D eigenvalue weighted by molar-refractivity contribution is 5.86. The van der Waals surface area contributed by atoms with Gasteiger partial charge in [-0.3, -0.25) is 19.1 Å². The summed E-state index contributed by atoms with van der Waals surface area (Å²) in [6, 6.07) is -3.12. The van der Waals surface area contributed by atoms with Crippen LogP contribution in [0.15, 0.2) is 15.8 Å². The monoisotopic (exact) mass is 507 g/mol. The van der Waals surface area contributed by atoms with Gasteiger partial charge in [0.25, 0.3) is 5.56 Å². The van der Waals surface area contributed by atoms with E-state index in [0.29, 0.717) is 10.8 Å². The third-order valence-corrected chi connectivity index (χ3v) is 5.14. The fourth-order valence-electron chi connectivity index (χ4n) is 3.30. The van der Waals surface area contributed by atoms with Crippen molar-refractivity contribution in [2.24, 2.45) is 11.5 Å². The molecule has 12 N–H and O–H groups in total. The van der Waals surface area contributed by atoms with Crippen LogP contribution < -0.4 is 28.0 Å². The van der Waals surface area contributed by atoms with Gasteiger partial charge in [0.15, 0.2) is 6.23 Å². The zero-order chi connectivity index (χ0) is 26.6. The number of H-pyrrole nitrogens is 1. The number of carbonyl (C=O) groups is 3. The average Bonchev–Trinajstić information content (AvgIpc) is 3.05. The first-order chi connectivity index (χ1) is 16.3. The Balaban J connectivity index is 2.18. The molecule has 2 heterocycles. The fraction of sp³-hybridized carbons (Fsp3) is 0.588. The minimum atomic E-state index is -1.93. The van der Waals surface area contributed by atoms with Crippen molar-refractivity contribution >= 4 is 18.0 Å². The normalized spacial score (nSPS) is 25.4. The number of aliphatic carboxylic acids is 1. The number of aromatic amines is 1. The number of amides is 1. The standard InChI is InChI=1S/C17H25N5O13/c18-5(8(24)6(23)3-34-16(19)32)1-20-7(15(30)31)11-9(25)10(26)13(35-11)22-2-4(14(28)29)12(27)21-17(22)33/h2,5-11,13,20,23-26H,1,3,18H2,(H2,19,32)(H,28,29)(H,30,31)(H,21,27,33)/t5-,6+,7+,8+,9+,10-,11-,13-/m1/s1. The van der Waals surface area contributed by atoms with Gasteiger partial charge in [-0.05, 0) is 0 Å². The molecule has 0 spiro atoms. The lowest BCUT2D eigenvalue weighted by Gasteiger charge is -2.27. The summed E-state index contributed by atoms with van der Waals surface area (Å²) in [6.45, 7) is -1.20. The molecule has 0 radical (unpaired) electrons. The van der Waals surface area contributed by atoms with Crippen LogP contribution in [0.3, 0.4) is 0 Å². The van der Waals surface area contributed by atoms with Gasteiger partial charge in [-0.15, -0.1) is 0 Å². The molecule has 18 heteroatoms. The number of ether oxygens (including phenoxy) is 2. The molecule has 0 saturated carbocycles. The number of rotatable bonds is 11. The summed E-state index contributed by atoms with van der Waals surface area (Å²) in [5, 5.41) is 61.4. The molecule has 1 saturated heterocycles. The van der Waals surface area contributed by atoms with E-state index in [2.05, 4.69) is 10.1 Å². The summed E-state index contributed by atoms with van der Waals surface area (Å²) >= 11 is 0. The van der Waals surface area contributed by atoms with E-state index in [-0.39, 0.29) is 0 Å². The summed E-state index contributed by atoms with van der Waals surface area (Å²) in [5.41, 5.74) is 7.14. The largest absolute Gasteiger partial charge is 0.480 e. The lowest BCUT2D eigenvalue weighted by atomic mass is 10.0. The Hall–Kier alpha value is -3.39. The van der Waals surface area contributed by atoms with Crippen LogP contribution >= 0.6 is 0 Å². The van der Waals surface area contributed by atoms with Crippen LogP contribution in [-0.4, -0.2) is 114 Å². The molecule has 196 valence electrons. The van der Waals surface area contributed by atoms with E-state index in [1.54, 1.807) is 4.98 Å². The van der Waals surface area contributed by atoms with Crippen molar-refractivity contribution in [1.29, 1.82) is 0 Å². The molecule has 0 aliphatic carbocycles. The summed E-state index contributed by atoms with van der Waals surface area (Å²) in [6.07, 6.45) is -11.4. The van der Waals surface area contributed by atoms with Crippen molar-refractivity contribution in [3.8, 4) is 0 Å². The number of nitrogens with one attached hydrogen (secondary N) is 2. The Kier molecular flexibility index (Phi) is 9.04. The molecule has 0 bridgehead atoms. The van der Waals surface area contributed by atoms with E-state index in [0.717, 1.165) is 0 Å². The maximum Gasteiger partial charge on any atom is 0.404 e. The van der Waals surface area contributed by atoms with Crippen LogP contribution in [0.1, 0.15) is 16.6 Å². The highest BCUT2D eigenvalue weighted by Gasteiger charge is 2.49. The molecule has 1 fully saturated rings. The number of nitrogens with zero attached hydrogens (tertiary/aromatic N) is 1. The molecule has 18 nitrogen and oxygen atoms in total. The number of carbonyl (C=O) groups excluding carboxylic acids is 1. The van der Waals surface area contributed by atoms with Gasteiger partial charge in [-0.25, -0.2) is 14.4 Å². The molecule has 8 atom stereocenters. The number of aromatic nitrogens is 2. The van der Waals surface area contributed by atoms with Crippen molar-refractivity contribution in [3.63, 3.8) is 0 Å². The van der Waals surface area contributed by atoms with Gasteiger partial charge in [0.05, 0.1) is 6.10 Å². The Bertz CT molecular complexity index is 1060. The molecule has 1 amide bonds. The second-order valence-corrected chi connectivity index (χ2v) is 7.56. The molecule has 1 aliphatic rings. The number of hydrogen-bond acceptors (Lipinski definition) is 13. The Labute approximate surface area is 194 Å². The number of hydrogen-bond donors (Lipinski definition) is 10. The molecular formula is C17H25N5O13. The van der Waals surface area contributed by atoms with Crippen LogP contribution in [0.5, 0.6) is 0 Å². The van der Waals surface area contributed by atoms with Gasteiger partial charge in [-0.1, -0.05) is 0 Å². The van der Waals surface area contributed by atoms with Gasteiger partial charge < -0.3 is 56.9 Å². The Morgan fingerprint density at radius 2 is 1.83 bits per heavy atom. The predicted molar refractivity (Wildman–Crippen MR) is 109 cm³/mol. The van der Waals surface area contributed by atoms with E-state index < -0.39 is 96.8 Å². The predicted octanol–water partition coefficient (Wildman–Crippen LogP) is -5.96. The zero-order valence-electron chi connectivity index (χ0n) is 17.8. The third kappa shape index (κ3) is 6.39. The first-order valence-corrected chi connectivity index (χ1v) is 9.86. The van der Waals surface area contributed by atoms with Crippen LogP contribution in [0.4, 0.5) is 4.79 Å². The van der Waals surface area contributed by atoms with Crippen LogP contribution in [-0.2, 0) is 14.3 Å². The minimum Gasteiger partial charge on any atom is -0.480 e. The smallest absolute Gasteiger partial charge is 0.404 e.